The molecule has 1 heterocycles. The van der Waals surface area contributed by atoms with Crippen molar-refractivity contribution in [3.8, 4) is 0 Å². The van der Waals surface area contributed by atoms with E-state index < -0.39 is 0 Å². The Labute approximate surface area is 53.8 Å². The third-order valence-electron chi connectivity index (χ3n) is 1.81. The fraction of sp³-hybridized carbons (Fsp3) is 1.00. The Bertz CT molecular complexity index is 90.7. The zero-order valence-corrected chi connectivity index (χ0v) is 5.67. The quantitative estimate of drug-likeness (QED) is 0.488. The van der Waals surface area contributed by atoms with Crippen LogP contribution in [0.5, 0.6) is 0 Å². The van der Waals surface area contributed by atoms with Crippen LogP contribution in [0.2, 0.25) is 0 Å². The van der Waals surface area contributed by atoms with Crippen LogP contribution in [0, 0.1) is 0 Å². The van der Waals surface area contributed by atoms with Crippen molar-refractivity contribution >= 4 is 11.8 Å². The third kappa shape index (κ3) is 0.759. The van der Waals surface area contributed by atoms with Gasteiger partial charge in [0.25, 0.3) is 0 Å². The molecule has 0 bridgehead atoms. The van der Waals surface area contributed by atoms with Crippen molar-refractivity contribution in [2.75, 3.05) is 18.1 Å². The minimum atomic E-state index is 0.392. The first kappa shape index (κ1) is 5.12. The molecule has 0 aromatic carbocycles. The van der Waals surface area contributed by atoms with Crippen LogP contribution in [-0.4, -0.2) is 23.7 Å². The van der Waals surface area contributed by atoms with Gasteiger partial charge in [-0.3, -0.25) is 0 Å². The molecule has 0 N–H and O–H groups in total. The molecular formula is C6H10OS. The van der Waals surface area contributed by atoms with Gasteiger partial charge in [0, 0.05) is 11.5 Å². The molecule has 0 amide bonds. The summed E-state index contributed by atoms with van der Waals surface area (Å²) in [5, 5.41) is 0. The maximum absolute atomic E-state index is 5.56. The smallest absolute Gasteiger partial charge is 0.0775 e. The molecule has 1 aliphatic carbocycles. The van der Waals surface area contributed by atoms with Crippen LogP contribution in [0.3, 0.4) is 0 Å². The Balaban J connectivity index is 1.95. The van der Waals surface area contributed by atoms with Crippen LogP contribution in [0.4, 0.5) is 0 Å². The summed E-state index contributed by atoms with van der Waals surface area (Å²) in [4.78, 5) is 0. The number of hydrogen-bond donors (Lipinski definition) is 0. The van der Waals surface area contributed by atoms with E-state index in [1.54, 1.807) is 0 Å². The largest absolute Gasteiger partial charge is 0.373 e. The van der Waals surface area contributed by atoms with E-state index in [-0.39, 0.29) is 0 Å². The summed E-state index contributed by atoms with van der Waals surface area (Å²) >= 11 is 2.04. The van der Waals surface area contributed by atoms with Gasteiger partial charge in [-0.15, -0.1) is 0 Å². The molecule has 1 nitrogen and oxygen atoms in total. The normalized spacial score (nSPS) is 33.0. The molecule has 8 heavy (non-hydrogen) atoms. The highest BCUT2D eigenvalue weighted by Crippen LogP contribution is 2.44. The van der Waals surface area contributed by atoms with E-state index in [9.17, 15) is 0 Å². The van der Waals surface area contributed by atoms with Gasteiger partial charge in [-0.25, -0.2) is 0 Å². The van der Waals surface area contributed by atoms with Crippen LogP contribution in [0.1, 0.15) is 12.8 Å². The Morgan fingerprint density at radius 1 is 1.38 bits per heavy atom. The van der Waals surface area contributed by atoms with Crippen molar-refractivity contribution in [1.29, 1.82) is 0 Å². The summed E-state index contributed by atoms with van der Waals surface area (Å²) in [5.41, 5.74) is 0.392. The van der Waals surface area contributed by atoms with Gasteiger partial charge in [-0.2, -0.15) is 11.8 Å². The van der Waals surface area contributed by atoms with Gasteiger partial charge in [-0.1, -0.05) is 0 Å². The molecule has 0 aromatic rings. The second-order valence-electron chi connectivity index (χ2n) is 2.58. The molecule has 2 rings (SSSR count). The predicted molar refractivity (Wildman–Crippen MR) is 35.2 cm³/mol. The number of ether oxygens (including phenoxy) is 1. The lowest BCUT2D eigenvalue weighted by Gasteiger charge is -2.20. The molecule has 0 radical (unpaired) electrons. The van der Waals surface area contributed by atoms with E-state index in [0.29, 0.717) is 5.60 Å². The highest BCUT2D eigenvalue weighted by molar-refractivity contribution is 7.99. The molecule has 0 aromatic heterocycles. The molecule has 1 saturated heterocycles. The standard InChI is InChI=1S/C6H10OS/c1-2-6(1)5-8-4-3-7-6/h1-5H2. The molecule has 1 saturated carbocycles. The van der Waals surface area contributed by atoms with E-state index >= 15 is 0 Å². The third-order valence-corrected chi connectivity index (χ3v) is 2.99. The fourth-order valence-electron chi connectivity index (χ4n) is 1.05. The van der Waals surface area contributed by atoms with Crippen molar-refractivity contribution in [2.24, 2.45) is 0 Å². The van der Waals surface area contributed by atoms with Crippen molar-refractivity contribution in [3.05, 3.63) is 0 Å². The molecule has 0 unspecified atom stereocenters. The minimum absolute atomic E-state index is 0.392. The highest BCUT2D eigenvalue weighted by Gasteiger charge is 2.45. The minimum Gasteiger partial charge on any atom is -0.373 e. The Hall–Kier alpha value is 0.310. The number of thioether (sulfide) groups is 1. The van der Waals surface area contributed by atoms with Gasteiger partial charge >= 0.3 is 0 Å². The average molecular weight is 130 g/mol. The van der Waals surface area contributed by atoms with Crippen LogP contribution in [-0.2, 0) is 4.74 Å². The van der Waals surface area contributed by atoms with Gasteiger partial charge in [0.1, 0.15) is 0 Å². The van der Waals surface area contributed by atoms with E-state index in [2.05, 4.69) is 0 Å². The van der Waals surface area contributed by atoms with Crippen LogP contribution < -0.4 is 0 Å². The van der Waals surface area contributed by atoms with Crippen LogP contribution in [0.25, 0.3) is 0 Å². The zero-order valence-electron chi connectivity index (χ0n) is 4.85. The number of rotatable bonds is 0. The van der Waals surface area contributed by atoms with Gasteiger partial charge in [0.15, 0.2) is 0 Å². The van der Waals surface area contributed by atoms with Crippen molar-refractivity contribution in [1.82, 2.24) is 0 Å². The molecule has 0 atom stereocenters. The van der Waals surface area contributed by atoms with Gasteiger partial charge in [-0.05, 0) is 12.8 Å². The van der Waals surface area contributed by atoms with E-state index in [4.69, 9.17) is 4.74 Å². The van der Waals surface area contributed by atoms with Crippen LogP contribution in [0.15, 0.2) is 0 Å². The molecular weight excluding hydrogens is 120 g/mol. The Morgan fingerprint density at radius 3 is 2.62 bits per heavy atom. The first-order chi connectivity index (χ1) is 3.91. The fourth-order valence-corrected chi connectivity index (χ4v) is 2.13. The molecule has 2 aliphatic rings. The molecule has 1 spiro atoms. The Morgan fingerprint density at radius 2 is 2.25 bits per heavy atom. The second kappa shape index (κ2) is 1.64. The van der Waals surface area contributed by atoms with Gasteiger partial charge in [0.05, 0.1) is 12.2 Å². The van der Waals surface area contributed by atoms with Crippen molar-refractivity contribution in [2.45, 2.75) is 18.4 Å². The lowest BCUT2D eigenvalue weighted by atomic mass is 10.4. The molecule has 46 valence electrons. The number of hydrogen-bond acceptors (Lipinski definition) is 2. The van der Waals surface area contributed by atoms with Crippen LogP contribution >= 0.6 is 11.8 Å². The van der Waals surface area contributed by atoms with Gasteiger partial charge in [0.2, 0.25) is 0 Å². The summed E-state index contributed by atoms with van der Waals surface area (Å²) in [6.07, 6.45) is 2.64. The van der Waals surface area contributed by atoms with Gasteiger partial charge < -0.3 is 4.74 Å². The van der Waals surface area contributed by atoms with E-state index in [1.165, 1.54) is 24.3 Å². The lowest BCUT2D eigenvalue weighted by molar-refractivity contribution is 0.0558. The average Bonchev–Trinajstić information content (AvgIpc) is 2.52. The summed E-state index contributed by atoms with van der Waals surface area (Å²) in [6, 6.07) is 0. The topological polar surface area (TPSA) is 9.23 Å². The molecule has 2 heteroatoms. The first-order valence-electron chi connectivity index (χ1n) is 3.13. The summed E-state index contributed by atoms with van der Waals surface area (Å²) in [6.45, 7) is 0.991. The zero-order chi connectivity index (χ0) is 5.45. The maximum atomic E-state index is 5.56. The first-order valence-corrected chi connectivity index (χ1v) is 4.29. The van der Waals surface area contributed by atoms with E-state index in [0.717, 1.165) is 6.61 Å². The monoisotopic (exact) mass is 130 g/mol. The predicted octanol–water partition coefficient (Wildman–Crippen LogP) is 1.28. The van der Waals surface area contributed by atoms with E-state index in [1.807, 2.05) is 11.8 Å². The van der Waals surface area contributed by atoms with Crippen molar-refractivity contribution in [3.63, 3.8) is 0 Å². The molecule has 2 fully saturated rings. The summed E-state index contributed by atoms with van der Waals surface area (Å²) < 4.78 is 5.56. The molecule has 1 aliphatic heterocycles. The maximum Gasteiger partial charge on any atom is 0.0775 e. The lowest BCUT2D eigenvalue weighted by Crippen LogP contribution is -2.24. The Kier molecular flexibility index (Phi) is 1.05. The SMILES string of the molecule is C1CSCC2(CC2)O1. The highest BCUT2D eigenvalue weighted by atomic mass is 32.2. The summed E-state index contributed by atoms with van der Waals surface area (Å²) in [7, 11) is 0. The van der Waals surface area contributed by atoms with Crippen molar-refractivity contribution < 1.29 is 4.74 Å². The second-order valence-corrected chi connectivity index (χ2v) is 3.69. The summed E-state index contributed by atoms with van der Waals surface area (Å²) in [5.74, 6) is 2.47.